The molecule has 0 aromatic carbocycles. The van der Waals surface area contributed by atoms with Gasteiger partial charge in [-0.25, -0.2) is 0 Å². The van der Waals surface area contributed by atoms with Crippen molar-refractivity contribution in [1.82, 2.24) is 0 Å². The first-order valence-corrected chi connectivity index (χ1v) is 11.4. The van der Waals surface area contributed by atoms with E-state index in [1.54, 1.807) is 20.8 Å². The minimum Gasteiger partial charge on any atom is -0.548 e. The molecule has 0 bridgehead atoms. The first-order chi connectivity index (χ1) is 10.3. The van der Waals surface area contributed by atoms with Crippen LogP contribution < -0.4 is 0 Å². The van der Waals surface area contributed by atoms with Crippen LogP contribution in [0.5, 0.6) is 0 Å². The molecule has 0 aromatic heterocycles. The lowest BCUT2D eigenvalue weighted by molar-refractivity contribution is -0.183. The molecule has 0 aromatic rings. The van der Waals surface area contributed by atoms with E-state index < -0.39 is 31.3 Å². The average molecular weight is 343 g/mol. The molecule has 0 saturated heterocycles. The molecule has 0 heterocycles. The van der Waals surface area contributed by atoms with E-state index in [9.17, 15) is 9.59 Å². The normalized spacial score (nSPS) is 25.4. The second kappa shape index (κ2) is 6.67. The van der Waals surface area contributed by atoms with Gasteiger partial charge in [0.25, 0.3) is 0 Å². The molecule has 0 radical (unpaired) electrons. The maximum atomic E-state index is 12.8. The van der Waals surface area contributed by atoms with Crippen LogP contribution in [0.4, 0.5) is 0 Å². The summed E-state index contributed by atoms with van der Waals surface area (Å²) in [7, 11) is -0.418. The molecule has 0 aliphatic heterocycles. The maximum Gasteiger partial charge on any atom is 0.324 e. The zero-order chi connectivity index (χ0) is 18.1. The van der Waals surface area contributed by atoms with Crippen LogP contribution in [0, 0.1) is 11.3 Å². The minimum atomic E-state index is -1.72. The van der Waals surface area contributed by atoms with Gasteiger partial charge in [-0.3, -0.25) is 9.59 Å². The molecule has 2 atom stereocenters. The molecule has 1 aliphatic rings. The summed E-state index contributed by atoms with van der Waals surface area (Å²) in [4.78, 5) is 25.2. The van der Waals surface area contributed by atoms with Crippen LogP contribution in [-0.4, -0.2) is 33.0 Å². The second-order valence-electron chi connectivity index (χ2n) is 8.16. The molecule has 0 spiro atoms. The summed E-state index contributed by atoms with van der Waals surface area (Å²) in [5, 5.41) is 0. The topological polar surface area (TPSA) is 61.8 Å². The summed E-state index contributed by atoms with van der Waals surface area (Å²) in [6, 6.07) is 0. The summed E-state index contributed by atoms with van der Waals surface area (Å²) < 4.78 is 16.5. The monoisotopic (exact) mass is 342 g/mol. The van der Waals surface area contributed by atoms with E-state index >= 15 is 0 Å². The van der Waals surface area contributed by atoms with Crippen molar-refractivity contribution in [3.63, 3.8) is 0 Å². The van der Waals surface area contributed by atoms with Gasteiger partial charge >= 0.3 is 11.9 Å². The number of esters is 2. The summed E-state index contributed by atoms with van der Waals surface area (Å²) >= 11 is 0. The quantitative estimate of drug-likeness (QED) is 0.443. The van der Waals surface area contributed by atoms with Crippen LogP contribution >= 0.6 is 0 Å². The Morgan fingerprint density at radius 2 is 1.78 bits per heavy atom. The Hall–Kier alpha value is -1.30. The third-order valence-corrected chi connectivity index (χ3v) is 4.62. The van der Waals surface area contributed by atoms with Crippen LogP contribution in [0.2, 0.25) is 19.6 Å². The molecular weight excluding hydrogens is 312 g/mol. The molecule has 0 N–H and O–H groups in total. The van der Waals surface area contributed by atoms with E-state index in [1.807, 2.05) is 13.0 Å². The molecule has 132 valence electrons. The van der Waals surface area contributed by atoms with Crippen molar-refractivity contribution >= 4 is 20.3 Å². The molecule has 0 amide bonds. The number of rotatable bonds is 4. The van der Waals surface area contributed by atoms with Gasteiger partial charge < -0.3 is 13.9 Å². The van der Waals surface area contributed by atoms with Gasteiger partial charge in [-0.1, -0.05) is 6.92 Å². The zero-order valence-electron chi connectivity index (χ0n) is 15.6. The Labute approximate surface area is 140 Å². The third-order valence-electron chi connectivity index (χ3n) is 3.75. The fraction of sp³-hybridized carbons (Fsp3) is 0.765. The van der Waals surface area contributed by atoms with Crippen LogP contribution in [0.15, 0.2) is 11.8 Å². The van der Waals surface area contributed by atoms with Crippen molar-refractivity contribution in [2.75, 3.05) is 7.11 Å². The highest BCUT2D eigenvalue weighted by Gasteiger charge is 2.55. The fourth-order valence-corrected chi connectivity index (χ4v) is 3.67. The lowest BCUT2D eigenvalue weighted by atomic mass is 9.69. The Bertz CT molecular complexity index is 498. The number of carbonyl (C=O) groups is 2. The molecular formula is C17H30O5Si. The molecule has 1 rings (SSSR count). The summed E-state index contributed by atoms with van der Waals surface area (Å²) in [5.74, 6) is -0.448. The van der Waals surface area contributed by atoms with Gasteiger partial charge in [0, 0.05) is 6.42 Å². The molecule has 0 saturated carbocycles. The summed E-state index contributed by atoms with van der Waals surface area (Å²) in [6.45, 7) is 13.6. The Morgan fingerprint density at radius 3 is 2.17 bits per heavy atom. The molecule has 0 fully saturated rings. The predicted octanol–water partition coefficient (Wildman–Crippen LogP) is 3.65. The summed E-state index contributed by atoms with van der Waals surface area (Å²) in [5.41, 5.74) is -1.95. The molecule has 6 heteroatoms. The first kappa shape index (κ1) is 19.7. The van der Waals surface area contributed by atoms with Gasteiger partial charge in [0.2, 0.25) is 8.32 Å². The van der Waals surface area contributed by atoms with Gasteiger partial charge in [-0.2, -0.15) is 0 Å². The largest absolute Gasteiger partial charge is 0.548 e. The second-order valence-corrected chi connectivity index (χ2v) is 12.6. The zero-order valence-corrected chi connectivity index (χ0v) is 16.6. The van der Waals surface area contributed by atoms with Gasteiger partial charge in [0.05, 0.1) is 12.9 Å². The van der Waals surface area contributed by atoms with Gasteiger partial charge in [0.15, 0.2) is 5.41 Å². The first-order valence-electron chi connectivity index (χ1n) is 8.02. The van der Waals surface area contributed by atoms with Gasteiger partial charge in [-0.05, 0) is 58.8 Å². The number of hydrogen-bond acceptors (Lipinski definition) is 5. The van der Waals surface area contributed by atoms with E-state index in [-0.39, 0.29) is 12.3 Å². The standard InChI is InChI=1S/C17H30O5Si/c1-12-11-13(22-23(6,7)8)9-10-17(12,14(18)20-5)15(19)21-16(2,3)4/h9,12H,10-11H2,1-8H3/t12-,17+/m0/s1. The molecule has 1 aliphatic carbocycles. The van der Waals surface area contributed by atoms with Crippen LogP contribution in [0.1, 0.15) is 40.5 Å². The van der Waals surface area contributed by atoms with Crippen LogP contribution in [0.3, 0.4) is 0 Å². The Kier molecular flexibility index (Phi) is 5.73. The van der Waals surface area contributed by atoms with Gasteiger partial charge in [-0.15, -0.1) is 0 Å². The lowest BCUT2D eigenvalue weighted by Crippen LogP contribution is -2.50. The Balaban J connectivity index is 3.14. The highest BCUT2D eigenvalue weighted by atomic mass is 28.4. The molecule has 23 heavy (non-hydrogen) atoms. The number of methoxy groups -OCH3 is 1. The SMILES string of the molecule is COC(=O)[C@@]1(C(=O)OC(C)(C)C)CC=C(O[Si](C)(C)C)C[C@@H]1C. The number of hydrogen-bond donors (Lipinski definition) is 0. The smallest absolute Gasteiger partial charge is 0.324 e. The van der Waals surface area contributed by atoms with Crippen molar-refractivity contribution in [3.8, 4) is 0 Å². The van der Waals surface area contributed by atoms with E-state index in [2.05, 4.69) is 19.6 Å². The van der Waals surface area contributed by atoms with Crippen LogP contribution in [0.25, 0.3) is 0 Å². The van der Waals surface area contributed by atoms with E-state index in [4.69, 9.17) is 13.9 Å². The third kappa shape index (κ3) is 4.83. The molecule has 0 unspecified atom stereocenters. The van der Waals surface area contributed by atoms with Crippen molar-refractivity contribution in [3.05, 3.63) is 11.8 Å². The van der Waals surface area contributed by atoms with E-state index in [0.29, 0.717) is 6.42 Å². The maximum absolute atomic E-state index is 12.8. The Morgan fingerprint density at radius 1 is 1.22 bits per heavy atom. The summed E-state index contributed by atoms with van der Waals surface area (Å²) in [6.07, 6.45) is 2.62. The number of carbonyl (C=O) groups excluding carboxylic acids is 2. The van der Waals surface area contributed by atoms with E-state index in [1.165, 1.54) is 7.11 Å². The number of allylic oxidation sites excluding steroid dienone is 2. The average Bonchev–Trinajstić information content (AvgIpc) is 2.34. The van der Waals surface area contributed by atoms with Crippen molar-refractivity contribution in [2.24, 2.45) is 11.3 Å². The predicted molar refractivity (Wildman–Crippen MR) is 91.2 cm³/mol. The lowest BCUT2D eigenvalue weighted by Gasteiger charge is -2.39. The van der Waals surface area contributed by atoms with Gasteiger partial charge in [0.1, 0.15) is 5.60 Å². The van der Waals surface area contributed by atoms with Crippen molar-refractivity contribution in [2.45, 2.75) is 65.8 Å². The van der Waals surface area contributed by atoms with Crippen molar-refractivity contribution in [1.29, 1.82) is 0 Å². The highest BCUT2D eigenvalue weighted by molar-refractivity contribution is 6.70. The highest BCUT2D eigenvalue weighted by Crippen LogP contribution is 2.44. The number of ether oxygens (including phenoxy) is 2. The van der Waals surface area contributed by atoms with E-state index in [0.717, 1.165) is 5.76 Å². The molecule has 5 nitrogen and oxygen atoms in total. The van der Waals surface area contributed by atoms with Crippen molar-refractivity contribution < 1.29 is 23.5 Å². The van der Waals surface area contributed by atoms with Crippen LogP contribution in [-0.2, 0) is 23.5 Å². The minimum absolute atomic E-state index is 0.246. The fourth-order valence-electron chi connectivity index (χ4n) is 2.72.